The fraction of sp³-hybridized carbons (Fsp3) is 0.333. The number of nitrogens with one attached hydrogen (secondary N) is 1. The number of para-hydroxylation sites is 1. The number of aldehydes is 1. The van der Waals surface area contributed by atoms with Crippen LogP contribution in [0.5, 0.6) is 5.75 Å². The van der Waals surface area contributed by atoms with E-state index in [1.165, 1.54) is 0 Å². The van der Waals surface area contributed by atoms with Crippen molar-refractivity contribution in [3.63, 3.8) is 0 Å². The van der Waals surface area contributed by atoms with Gasteiger partial charge in [-0.2, -0.15) is 0 Å². The van der Waals surface area contributed by atoms with Gasteiger partial charge >= 0.3 is 0 Å². The minimum Gasteiger partial charge on any atom is -0.482 e. The monoisotopic (exact) mass is 299 g/mol. The number of carbonyl (C=O) groups is 2. The molecule has 92 valence electrons. The van der Waals surface area contributed by atoms with E-state index in [1.807, 2.05) is 6.92 Å². The lowest BCUT2D eigenvalue weighted by Crippen LogP contribution is -2.29. The molecule has 0 aliphatic heterocycles. The third-order valence-electron chi connectivity index (χ3n) is 2.04. The lowest BCUT2D eigenvalue weighted by molar-refractivity contribution is -0.123. The van der Waals surface area contributed by atoms with Gasteiger partial charge < -0.3 is 10.1 Å². The Morgan fingerprint density at radius 1 is 1.53 bits per heavy atom. The summed E-state index contributed by atoms with van der Waals surface area (Å²) >= 11 is 3.28. The van der Waals surface area contributed by atoms with Gasteiger partial charge in [0.15, 0.2) is 12.9 Å². The highest BCUT2D eigenvalue weighted by Gasteiger charge is 2.09. The van der Waals surface area contributed by atoms with Crippen LogP contribution in [0.2, 0.25) is 0 Å². The highest BCUT2D eigenvalue weighted by molar-refractivity contribution is 9.10. The maximum Gasteiger partial charge on any atom is 0.257 e. The van der Waals surface area contributed by atoms with E-state index in [-0.39, 0.29) is 12.5 Å². The van der Waals surface area contributed by atoms with Gasteiger partial charge in [0.05, 0.1) is 10.0 Å². The van der Waals surface area contributed by atoms with Crippen molar-refractivity contribution >= 4 is 28.1 Å². The van der Waals surface area contributed by atoms with Gasteiger partial charge in [-0.25, -0.2) is 0 Å². The number of hydrogen-bond acceptors (Lipinski definition) is 3. The van der Waals surface area contributed by atoms with E-state index in [2.05, 4.69) is 21.2 Å². The average molecular weight is 300 g/mol. The fourth-order valence-corrected chi connectivity index (χ4v) is 1.72. The first kappa shape index (κ1) is 13.7. The molecule has 0 unspecified atom stereocenters. The van der Waals surface area contributed by atoms with Crippen LogP contribution in [-0.2, 0) is 4.79 Å². The molecule has 0 heterocycles. The highest BCUT2D eigenvalue weighted by atomic mass is 79.9. The normalized spacial score (nSPS) is 9.76. The van der Waals surface area contributed by atoms with Crippen molar-refractivity contribution in [1.29, 1.82) is 0 Å². The Labute approximate surface area is 108 Å². The second kappa shape index (κ2) is 7.06. The van der Waals surface area contributed by atoms with E-state index in [1.54, 1.807) is 18.2 Å². The molecule has 1 aromatic carbocycles. The molecule has 0 saturated heterocycles. The SMILES string of the molecule is CCCNC(=O)COc1c(Br)cccc1C=O. The van der Waals surface area contributed by atoms with Gasteiger partial charge in [0.25, 0.3) is 5.91 Å². The number of carbonyl (C=O) groups excluding carboxylic acids is 2. The van der Waals surface area contributed by atoms with E-state index >= 15 is 0 Å². The molecule has 1 amide bonds. The van der Waals surface area contributed by atoms with Gasteiger partial charge in [0.2, 0.25) is 0 Å². The first-order valence-electron chi connectivity index (χ1n) is 5.32. The van der Waals surface area contributed by atoms with Gasteiger partial charge in [-0.1, -0.05) is 13.0 Å². The Bertz CT molecular complexity index is 407. The Balaban J connectivity index is 2.62. The molecule has 0 fully saturated rings. The van der Waals surface area contributed by atoms with E-state index in [0.717, 1.165) is 6.42 Å². The molecule has 0 saturated carbocycles. The van der Waals surface area contributed by atoms with Gasteiger partial charge in [-0.05, 0) is 34.5 Å². The van der Waals surface area contributed by atoms with E-state index in [9.17, 15) is 9.59 Å². The molecule has 17 heavy (non-hydrogen) atoms. The quantitative estimate of drug-likeness (QED) is 0.819. The van der Waals surface area contributed by atoms with Crippen molar-refractivity contribution in [1.82, 2.24) is 5.32 Å². The molecule has 0 aliphatic rings. The Kier molecular flexibility index (Phi) is 5.69. The number of ether oxygens (including phenoxy) is 1. The first-order valence-corrected chi connectivity index (χ1v) is 6.11. The zero-order valence-electron chi connectivity index (χ0n) is 9.53. The van der Waals surface area contributed by atoms with Crippen LogP contribution in [0.3, 0.4) is 0 Å². The van der Waals surface area contributed by atoms with Crippen molar-refractivity contribution in [2.24, 2.45) is 0 Å². The zero-order valence-corrected chi connectivity index (χ0v) is 11.1. The van der Waals surface area contributed by atoms with E-state index in [4.69, 9.17) is 4.74 Å². The van der Waals surface area contributed by atoms with Crippen molar-refractivity contribution in [3.8, 4) is 5.75 Å². The summed E-state index contributed by atoms with van der Waals surface area (Å²) in [7, 11) is 0. The summed E-state index contributed by atoms with van der Waals surface area (Å²) in [6, 6.07) is 5.13. The summed E-state index contributed by atoms with van der Waals surface area (Å²) in [6.45, 7) is 2.50. The summed E-state index contributed by atoms with van der Waals surface area (Å²) in [6.07, 6.45) is 1.57. The summed E-state index contributed by atoms with van der Waals surface area (Å²) in [5.41, 5.74) is 0.419. The molecule has 0 bridgehead atoms. The fourth-order valence-electron chi connectivity index (χ4n) is 1.22. The molecule has 4 nitrogen and oxygen atoms in total. The summed E-state index contributed by atoms with van der Waals surface area (Å²) in [5.74, 6) is 0.202. The van der Waals surface area contributed by atoms with Crippen LogP contribution in [0.1, 0.15) is 23.7 Å². The molecule has 0 aromatic heterocycles. The Morgan fingerprint density at radius 3 is 2.94 bits per heavy atom. The van der Waals surface area contributed by atoms with Crippen molar-refractivity contribution in [3.05, 3.63) is 28.2 Å². The molecule has 0 atom stereocenters. The second-order valence-corrected chi connectivity index (χ2v) is 4.27. The highest BCUT2D eigenvalue weighted by Crippen LogP contribution is 2.27. The molecule has 0 aliphatic carbocycles. The van der Waals surface area contributed by atoms with Crippen LogP contribution < -0.4 is 10.1 Å². The number of rotatable bonds is 6. The minimum atomic E-state index is -0.195. The number of halogens is 1. The third kappa shape index (κ3) is 4.19. The summed E-state index contributed by atoms with van der Waals surface area (Å²) in [5, 5.41) is 2.69. The topological polar surface area (TPSA) is 55.4 Å². The van der Waals surface area contributed by atoms with Crippen molar-refractivity contribution in [2.75, 3.05) is 13.2 Å². The van der Waals surface area contributed by atoms with Crippen LogP contribution in [-0.4, -0.2) is 25.3 Å². The van der Waals surface area contributed by atoms with Crippen molar-refractivity contribution < 1.29 is 14.3 Å². The molecular formula is C12H14BrNO3. The van der Waals surface area contributed by atoms with Crippen LogP contribution in [0, 0.1) is 0 Å². The Morgan fingerprint density at radius 2 is 2.29 bits per heavy atom. The maximum absolute atomic E-state index is 11.3. The van der Waals surface area contributed by atoms with Gasteiger partial charge in [0.1, 0.15) is 5.75 Å². The standard InChI is InChI=1S/C12H14BrNO3/c1-2-6-14-11(16)8-17-12-9(7-15)4-3-5-10(12)13/h3-5,7H,2,6,8H2,1H3,(H,14,16). The zero-order chi connectivity index (χ0) is 12.7. The molecule has 0 radical (unpaired) electrons. The lowest BCUT2D eigenvalue weighted by Gasteiger charge is -2.10. The number of amides is 1. The molecule has 5 heteroatoms. The predicted octanol–water partition coefficient (Wildman–Crippen LogP) is 2.17. The van der Waals surface area contributed by atoms with Crippen LogP contribution in [0.25, 0.3) is 0 Å². The van der Waals surface area contributed by atoms with Crippen molar-refractivity contribution in [2.45, 2.75) is 13.3 Å². The maximum atomic E-state index is 11.3. The van der Waals surface area contributed by atoms with Crippen LogP contribution >= 0.6 is 15.9 Å². The smallest absolute Gasteiger partial charge is 0.257 e. The number of benzene rings is 1. The Hall–Kier alpha value is -1.36. The predicted molar refractivity (Wildman–Crippen MR) is 68.3 cm³/mol. The van der Waals surface area contributed by atoms with E-state index < -0.39 is 0 Å². The van der Waals surface area contributed by atoms with E-state index in [0.29, 0.717) is 28.6 Å². The average Bonchev–Trinajstić information content (AvgIpc) is 2.34. The minimum absolute atomic E-state index is 0.0938. The van der Waals surface area contributed by atoms with Gasteiger partial charge in [-0.15, -0.1) is 0 Å². The number of hydrogen-bond donors (Lipinski definition) is 1. The summed E-state index contributed by atoms with van der Waals surface area (Å²) < 4.78 is 5.99. The first-order chi connectivity index (χ1) is 8.19. The molecule has 1 N–H and O–H groups in total. The molecule has 1 aromatic rings. The lowest BCUT2D eigenvalue weighted by atomic mass is 10.2. The second-order valence-electron chi connectivity index (χ2n) is 3.41. The molecule has 0 spiro atoms. The summed E-state index contributed by atoms with van der Waals surface area (Å²) in [4.78, 5) is 22.1. The molecule has 1 rings (SSSR count). The van der Waals surface area contributed by atoms with Gasteiger partial charge in [0, 0.05) is 6.54 Å². The third-order valence-corrected chi connectivity index (χ3v) is 2.67. The van der Waals surface area contributed by atoms with Gasteiger partial charge in [-0.3, -0.25) is 9.59 Å². The van der Waals surface area contributed by atoms with Crippen LogP contribution in [0.15, 0.2) is 22.7 Å². The van der Waals surface area contributed by atoms with Crippen LogP contribution in [0.4, 0.5) is 0 Å². The molecular weight excluding hydrogens is 286 g/mol. The largest absolute Gasteiger partial charge is 0.482 e.